The van der Waals surface area contributed by atoms with Crippen LogP contribution in [0, 0.1) is 6.92 Å². The van der Waals surface area contributed by atoms with Crippen LogP contribution in [0.4, 0.5) is 5.82 Å². The molecule has 5 nitrogen and oxygen atoms in total. The van der Waals surface area contributed by atoms with Crippen LogP contribution in [0.2, 0.25) is 0 Å². The predicted octanol–water partition coefficient (Wildman–Crippen LogP) is 1.95. The number of hydrogen-bond donors (Lipinski definition) is 1. The van der Waals surface area contributed by atoms with Gasteiger partial charge in [0.15, 0.2) is 0 Å². The smallest absolute Gasteiger partial charge is 0.130 e. The highest BCUT2D eigenvalue weighted by Gasteiger charge is 2.01. The number of nitrogens with one attached hydrogen (secondary N) is 1. The SMILES string of the molecule is CCc1cc(NCc2ccon2)nc(C)n1. The molecule has 0 saturated carbocycles. The minimum absolute atomic E-state index is 0.607. The van der Waals surface area contributed by atoms with Gasteiger partial charge in [0, 0.05) is 17.8 Å². The van der Waals surface area contributed by atoms with Crippen molar-refractivity contribution in [3.63, 3.8) is 0 Å². The highest BCUT2D eigenvalue weighted by molar-refractivity contribution is 5.36. The highest BCUT2D eigenvalue weighted by Crippen LogP contribution is 2.08. The number of rotatable bonds is 4. The van der Waals surface area contributed by atoms with E-state index in [2.05, 4.69) is 27.4 Å². The number of hydrogen-bond acceptors (Lipinski definition) is 5. The van der Waals surface area contributed by atoms with Gasteiger partial charge in [-0.15, -0.1) is 0 Å². The van der Waals surface area contributed by atoms with E-state index in [0.717, 1.165) is 29.5 Å². The minimum atomic E-state index is 0.607. The Labute approximate surface area is 93.9 Å². The van der Waals surface area contributed by atoms with Gasteiger partial charge in [0.1, 0.15) is 23.6 Å². The van der Waals surface area contributed by atoms with Crippen LogP contribution in [0.5, 0.6) is 0 Å². The second-order valence-electron chi connectivity index (χ2n) is 3.49. The van der Waals surface area contributed by atoms with E-state index in [1.807, 2.05) is 19.1 Å². The molecule has 84 valence electrons. The molecular weight excluding hydrogens is 204 g/mol. The molecule has 0 saturated heterocycles. The Morgan fingerprint density at radius 3 is 2.88 bits per heavy atom. The lowest BCUT2D eigenvalue weighted by molar-refractivity contribution is 0.412. The predicted molar refractivity (Wildman–Crippen MR) is 60.0 cm³/mol. The van der Waals surface area contributed by atoms with Gasteiger partial charge in [-0.1, -0.05) is 12.1 Å². The van der Waals surface area contributed by atoms with Gasteiger partial charge in [-0.3, -0.25) is 0 Å². The molecule has 2 heterocycles. The Morgan fingerprint density at radius 2 is 2.19 bits per heavy atom. The van der Waals surface area contributed by atoms with Gasteiger partial charge in [0.05, 0.1) is 6.54 Å². The maximum absolute atomic E-state index is 4.75. The fourth-order valence-electron chi connectivity index (χ4n) is 1.41. The molecule has 0 aliphatic carbocycles. The van der Waals surface area contributed by atoms with Crippen LogP contribution in [0.1, 0.15) is 24.1 Å². The van der Waals surface area contributed by atoms with E-state index in [9.17, 15) is 0 Å². The summed E-state index contributed by atoms with van der Waals surface area (Å²) in [7, 11) is 0. The molecule has 0 atom stereocenters. The lowest BCUT2D eigenvalue weighted by Gasteiger charge is -2.05. The van der Waals surface area contributed by atoms with Gasteiger partial charge in [-0.2, -0.15) is 0 Å². The monoisotopic (exact) mass is 218 g/mol. The summed E-state index contributed by atoms with van der Waals surface area (Å²) in [4.78, 5) is 8.61. The van der Waals surface area contributed by atoms with E-state index in [4.69, 9.17) is 4.52 Å². The average Bonchev–Trinajstić information content (AvgIpc) is 2.78. The lowest BCUT2D eigenvalue weighted by Crippen LogP contribution is -2.04. The standard InChI is InChI=1S/C11H14N4O/c1-3-9-6-11(14-8(2)13-9)12-7-10-4-5-16-15-10/h4-6H,3,7H2,1-2H3,(H,12,13,14). The molecule has 0 spiro atoms. The quantitative estimate of drug-likeness (QED) is 0.849. The molecule has 0 unspecified atom stereocenters. The van der Waals surface area contributed by atoms with Crippen molar-refractivity contribution < 1.29 is 4.52 Å². The summed E-state index contributed by atoms with van der Waals surface area (Å²) in [5.41, 5.74) is 1.89. The molecule has 5 heteroatoms. The average molecular weight is 218 g/mol. The molecule has 0 fully saturated rings. The van der Waals surface area contributed by atoms with Gasteiger partial charge >= 0.3 is 0 Å². The summed E-state index contributed by atoms with van der Waals surface area (Å²) >= 11 is 0. The summed E-state index contributed by atoms with van der Waals surface area (Å²) in [6.45, 7) is 4.57. The van der Waals surface area contributed by atoms with Crippen molar-refractivity contribution in [2.24, 2.45) is 0 Å². The third-order valence-electron chi connectivity index (χ3n) is 2.20. The third-order valence-corrected chi connectivity index (χ3v) is 2.20. The summed E-state index contributed by atoms with van der Waals surface area (Å²) in [5.74, 6) is 1.61. The fraction of sp³-hybridized carbons (Fsp3) is 0.364. The van der Waals surface area contributed by atoms with E-state index in [1.54, 1.807) is 6.26 Å². The zero-order valence-electron chi connectivity index (χ0n) is 9.40. The summed E-state index contributed by atoms with van der Waals surface area (Å²) in [5, 5.41) is 7.00. The Balaban J connectivity index is 2.06. The Hall–Kier alpha value is -1.91. The van der Waals surface area contributed by atoms with Crippen LogP contribution in [-0.4, -0.2) is 15.1 Å². The summed E-state index contributed by atoms with van der Waals surface area (Å²) in [6, 6.07) is 3.77. The third kappa shape index (κ3) is 2.56. The molecule has 2 aromatic heterocycles. The first-order chi connectivity index (χ1) is 7.78. The van der Waals surface area contributed by atoms with Crippen molar-refractivity contribution in [2.45, 2.75) is 26.8 Å². The van der Waals surface area contributed by atoms with Crippen molar-refractivity contribution in [3.8, 4) is 0 Å². The van der Waals surface area contributed by atoms with Crippen LogP contribution in [0.15, 0.2) is 22.9 Å². The largest absolute Gasteiger partial charge is 0.364 e. The van der Waals surface area contributed by atoms with Crippen molar-refractivity contribution >= 4 is 5.82 Å². The van der Waals surface area contributed by atoms with E-state index in [0.29, 0.717) is 6.54 Å². The normalized spacial score (nSPS) is 10.4. The summed E-state index contributed by atoms with van der Waals surface area (Å²) in [6.07, 6.45) is 2.46. The number of anilines is 1. The number of aryl methyl sites for hydroxylation is 2. The minimum Gasteiger partial charge on any atom is -0.364 e. The number of aromatic nitrogens is 3. The van der Waals surface area contributed by atoms with Crippen molar-refractivity contribution in [1.29, 1.82) is 0 Å². The first-order valence-corrected chi connectivity index (χ1v) is 5.25. The van der Waals surface area contributed by atoms with Crippen molar-refractivity contribution in [1.82, 2.24) is 15.1 Å². The zero-order chi connectivity index (χ0) is 11.4. The molecular formula is C11H14N4O. The zero-order valence-corrected chi connectivity index (χ0v) is 9.40. The van der Waals surface area contributed by atoms with E-state index < -0.39 is 0 Å². The van der Waals surface area contributed by atoms with Crippen LogP contribution in [-0.2, 0) is 13.0 Å². The first-order valence-electron chi connectivity index (χ1n) is 5.25. The molecule has 0 amide bonds. The highest BCUT2D eigenvalue weighted by atomic mass is 16.5. The van der Waals surface area contributed by atoms with Crippen LogP contribution >= 0.6 is 0 Å². The Bertz CT molecular complexity index is 453. The fourth-order valence-corrected chi connectivity index (χ4v) is 1.41. The maximum atomic E-state index is 4.75. The Kier molecular flexibility index (Phi) is 3.14. The number of nitrogens with zero attached hydrogens (tertiary/aromatic N) is 3. The topological polar surface area (TPSA) is 63.8 Å². The van der Waals surface area contributed by atoms with Crippen molar-refractivity contribution in [3.05, 3.63) is 35.6 Å². The molecule has 2 rings (SSSR count). The maximum Gasteiger partial charge on any atom is 0.130 e. The van der Waals surface area contributed by atoms with Crippen molar-refractivity contribution in [2.75, 3.05) is 5.32 Å². The van der Waals surface area contributed by atoms with Gasteiger partial charge in [0.2, 0.25) is 0 Å². The molecule has 16 heavy (non-hydrogen) atoms. The molecule has 0 aliphatic rings. The van der Waals surface area contributed by atoms with E-state index in [1.165, 1.54) is 0 Å². The summed E-state index contributed by atoms with van der Waals surface area (Å²) < 4.78 is 4.75. The van der Waals surface area contributed by atoms with Gasteiger partial charge in [-0.25, -0.2) is 9.97 Å². The Morgan fingerprint density at radius 1 is 1.31 bits per heavy atom. The van der Waals surface area contributed by atoms with Gasteiger partial charge in [0.25, 0.3) is 0 Å². The van der Waals surface area contributed by atoms with E-state index >= 15 is 0 Å². The van der Waals surface area contributed by atoms with Crippen LogP contribution in [0.3, 0.4) is 0 Å². The van der Waals surface area contributed by atoms with Gasteiger partial charge in [-0.05, 0) is 13.3 Å². The van der Waals surface area contributed by atoms with Crippen LogP contribution in [0.25, 0.3) is 0 Å². The molecule has 1 N–H and O–H groups in total. The molecule has 2 aromatic rings. The molecule has 0 bridgehead atoms. The molecule has 0 aromatic carbocycles. The van der Waals surface area contributed by atoms with Crippen LogP contribution < -0.4 is 5.32 Å². The second-order valence-corrected chi connectivity index (χ2v) is 3.49. The van der Waals surface area contributed by atoms with E-state index in [-0.39, 0.29) is 0 Å². The molecule has 0 aliphatic heterocycles. The second kappa shape index (κ2) is 4.74. The lowest BCUT2D eigenvalue weighted by atomic mass is 10.3. The molecule has 0 radical (unpaired) electrons. The van der Waals surface area contributed by atoms with Gasteiger partial charge < -0.3 is 9.84 Å². The first kappa shape index (κ1) is 10.6.